The number of aryl methyl sites for hydroxylation is 1. The molecule has 1 fully saturated rings. The van der Waals surface area contributed by atoms with Crippen LogP contribution >= 0.6 is 0 Å². The van der Waals surface area contributed by atoms with E-state index in [9.17, 15) is 4.79 Å². The molecule has 3 heteroatoms. The van der Waals surface area contributed by atoms with Gasteiger partial charge in [0.2, 0.25) is 0 Å². The van der Waals surface area contributed by atoms with Gasteiger partial charge in [0, 0.05) is 12.2 Å². The van der Waals surface area contributed by atoms with Gasteiger partial charge in [-0.1, -0.05) is 19.1 Å². The zero-order chi connectivity index (χ0) is 12.4. The Hall–Kier alpha value is -1.51. The van der Waals surface area contributed by atoms with Crippen LogP contribution in [0.5, 0.6) is 0 Å². The summed E-state index contributed by atoms with van der Waals surface area (Å²) in [6, 6.07) is 5.56. The summed E-state index contributed by atoms with van der Waals surface area (Å²) >= 11 is 0. The quantitative estimate of drug-likeness (QED) is 0.783. The second kappa shape index (κ2) is 4.78. The highest BCUT2D eigenvalue weighted by molar-refractivity contribution is 5.99. The van der Waals surface area contributed by atoms with Gasteiger partial charge in [-0.2, -0.15) is 0 Å². The number of anilines is 1. The summed E-state index contributed by atoms with van der Waals surface area (Å²) < 4.78 is 0. The second-order valence-corrected chi connectivity index (χ2v) is 5.06. The molecule has 3 nitrogen and oxygen atoms in total. The van der Waals surface area contributed by atoms with Crippen molar-refractivity contribution in [3.05, 3.63) is 29.3 Å². The molecular formula is C14H20N2O. The van der Waals surface area contributed by atoms with Gasteiger partial charge in [-0.3, -0.25) is 4.79 Å². The molecule has 0 radical (unpaired) electrons. The number of nitrogens with two attached hydrogens (primary N) is 1. The summed E-state index contributed by atoms with van der Waals surface area (Å²) in [6.07, 6.45) is 2.62. The number of amides is 1. The van der Waals surface area contributed by atoms with Crippen molar-refractivity contribution in [2.75, 3.05) is 12.3 Å². The molecule has 2 rings (SSSR count). The molecule has 1 unspecified atom stereocenters. The third-order valence-electron chi connectivity index (χ3n) is 3.58. The molecule has 1 aromatic rings. The highest BCUT2D eigenvalue weighted by atomic mass is 16.1. The number of rotatable bonds is 4. The van der Waals surface area contributed by atoms with E-state index in [1.54, 1.807) is 6.07 Å². The van der Waals surface area contributed by atoms with Crippen LogP contribution in [0.25, 0.3) is 0 Å². The predicted molar refractivity (Wildman–Crippen MR) is 69.8 cm³/mol. The molecule has 0 aromatic heterocycles. The third-order valence-corrected chi connectivity index (χ3v) is 3.58. The number of carbonyl (C=O) groups excluding carboxylic acids is 1. The fourth-order valence-corrected chi connectivity index (χ4v) is 2.06. The van der Waals surface area contributed by atoms with Gasteiger partial charge in [0.05, 0.1) is 5.56 Å². The Morgan fingerprint density at radius 3 is 2.88 bits per heavy atom. The lowest BCUT2D eigenvalue weighted by Gasteiger charge is -2.13. The molecule has 1 atom stereocenters. The summed E-state index contributed by atoms with van der Waals surface area (Å²) in [4.78, 5) is 12.0. The van der Waals surface area contributed by atoms with E-state index in [0.717, 1.165) is 18.0 Å². The molecule has 0 bridgehead atoms. The van der Waals surface area contributed by atoms with Crippen LogP contribution < -0.4 is 11.1 Å². The number of hydrogen-bond acceptors (Lipinski definition) is 2. The Labute approximate surface area is 102 Å². The summed E-state index contributed by atoms with van der Waals surface area (Å²) in [5.41, 5.74) is 8.03. The van der Waals surface area contributed by atoms with Gasteiger partial charge in [-0.15, -0.1) is 0 Å². The van der Waals surface area contributed by atoms with Crippen molar-refractivity contribution in [3.63, 3.8) is 0 Å². The molecule has 0 heterocycles. The minimum Gasteiger partial charge on any atom is -0.398 e. The lowest BCUT2D eigenvalue weighted by atomic mass is 10.1. The van der Waals surface area contributed by atoms with Crippen molar-refractivity contribution in [3.8, 4) is 0 Å². The standard InChI is InChI=1S/C14H20N2O/c1-9-4-3-5-12(13(9)15)14(17)16-8-10(2)11-6-7-11/h3-5,10-11H,6-8,15H2,1-2H3,(H,16,17). The maximum absolute atomic E-state index is 12.0. The zero-order valence-corrected chi connectivity index (χ0v) is 10.5. The lowest BCUT2D eigenvalue weighted by molar-refractivity contribution is 0.0947. The lowest BCUT2D eigenvalue weighted by Crippen LogP contribution is -2.29. The van der Waals surface area contributed by atoms with Crippen molar-refractivity contribution in [2.45, 2.75) is 26.7 Å². The monoisotopic (exact) mass is 232 g/mol. The van der Waals surface area contributed by atoms with E-state index in [0.29, 0.717) is 17.2 Å². The van der Waals surface area contributed by atoms with E-state index in [-0.39, 0.29) is 5.91 Å². The van der Waals surface area contributed by atoms with Gasteiger partial charge in [0.1, 0.15) is 0 Å². The molecule has 1 aliphatic rings. The smallest absolute Gasteiger partial charge is 0.253 e. The Morgan fingerprint density at radius 2 is 2.24 bits per heavy atom. The summed E-state index contributed by atoms with van der Waals surface area (Å²) in [5.74, 6) is 1.33. The van der Waals surface area contributed by atoms with Gasteiger partial charge in [0.15, 0.2) is 0 Å². The summed E-state index contributed by atoms with van der Waals surface area (Å²) in [7, 11) is 0. The first-order valence-electron chi connectivity index (χ1n) is 6.23. The first-order chi connectivity index (χ1) is 8.09. The molecule has 0 aliphatic heterocycles. The first kappa shape index (κ1) is 12.0. The maximum Gasteiger partial charge on any atom is 0.253 e. The number of para-hydroxylation sites is 1. The third kappa shape index (κ3) is 2.78. The van der Waals surface area contributed by atoms with E-state index in [2.05, 4.69) is 12.2 Å². The summed E-state index contributed by atoms with van der Waals surface area (Å²) in [5, 5.41) is 2.97. The van der Waals surface area contributed by atoms with Crippen LogP contribution in [0.2, 0.25) is 0 Å². The maximum atomic E-state index is 12.0. The van der Waals surface area contributed by atoms with E-state index in [4.69, 9.17) is 5.73 Å². The molecule has 1 saturated carbocycles. The predicted octanol–water partition coefficient (Wildman–Crippen LogP) is 2.35. The number of nitrogen functional groups attached to an aromatic ring is 1. The fourth-order valence-electron chi connectivity index (χ4n) is 2.06. The van der Waals surface area contributed by atoms with Gasteiger partial charge in [0.25, 0.3) is 5.91 Å². The van der Waals surface area contributed by atoms with Crippen molar-refractivity contribution in [1.29, 1.82) is 0 Å². The average Bonchev–Trinajstić information content (AvgIpc) is 3.13. The fraction of sp³-hybridized carbons (Fsp3) is 0.500. The molecule has 1 amide bonds. The van der Waals surface area contributed by atoms with Crippen LogP contribution in [0.1, 0.15) is 35.7 Å². The highest BCUT2D eigenvalue weighted by Gasteiger charge is 2.28. The van der Waals surface area contributed by atoms with Gasteiger partial charge < -0.3 is 11.1 Å². The Morgan fingerprint density at radius 1 is 1.53 bits per heavy atom. The van der Waals surface area contributed by atoms with Crippen LogP contribution in [0, 0.1) is 18.8 Å². The molecule has 17 heavy (non-hydrogen) atoms. The Balaban J connectivity index is 1.96. The van der Waals surface area contributed by atoms with Gasteiger partial charge >= 0.3 is 0 Å². The minimum atomic E-state index is -0.0568. The molecule has 0 spiro atoms. The number of nitrogens with one attached hydrogen (secondary N) is 1. The SMILES string of the molecule is Cc1cccc(C(=O)NCC(C)C2CC2)c1N. The average molecular weight is 232 g/mol. The molecule has 0 saturated heterocycles. The topological polar surface area (TPSA) is 55.1 Å². The van der Waals surface area contributed by atoms with Gasteiger partial charge in [-0.05, 0) is 43.2 Å². The van der Waals surface area contributed by atoms with E-state index >= 15 is 0 Å². The highest BCUT2D eigenvalue weighted by Crippen LogP contribution is 2.36. The molecule has 1 aromatic carbocycles. The van der Waals surface area contributed by atoms with Crippen LogP contribution in [-0.4, -0.2) is 12.5 Å². The zero-order valence-electron chi connectivity index (χ0n) is 10.5. The number of carbonyl (C=O) groups is 1. The normalized spacial score (nSPS) is 16.6. The number of benzene rings is 1. The molecule has 3 N–H and O–H groups in total. The minimum absolute atomic E-state index is 0.0568. The van der Waals surface area contributed by atoms with Crippen LogP contribution in [0.3, 0.4) is 0 Å². The Kier molecular flexibility index (Phi) is 3.36. The van der Waals surface area contributed by atoms with Crippen molar-refractivity contribution in [2.24, 2.45) is 11.8 Å². The largest absolute Gasteiger partial charge is 0.398 e. The molecule has 92 valence electrons. The van der Waals surface area contributed by atoms with E-state index in [1.165, 1.54) is 12.8 Å². The summed E-state index contributed by atoms with van der Waals surface area (Å²) in [6.45, 7) is 4.85. The van der Waals surface area contributed by atoms with Crippen LogP contribution in [0.15, 0.2) is 18.2 Å². The van der Waals surface area contributed by atoms with E-state index in [1.807, 2.05) is 19.1 Å². The van der Waals surface area contributed by atoms with Crippen LogP contribution in [-0.2, 0) is 0 Å². The van der Waals surface area contributed by atoms with Crippen molar-refractivity contribution >= 4 is 11.6 Å². The van der Waals surface area contributed by atoms with E-state index < -0.39 is 0 Å². The number of hydrogen-bond donors (Lipinski definition) is 2. The van der Waals surface area contributed by atoms with Crippen molar-refractivity contribution < 1.29 is 4.79 Å². The Bertz CT molecular complexity index is 424. The second-order valence-electron chi connectivity index (χ2n) is 5.06. The van der Waals surface area contributed by atoms with Crippen molar-refractivity contribution in [1.82, 2.24) is 5.32 Å². The molecule has 1 aliphatic carbocycles. The molecular weight excluding hydrogens is 212 g/mol. The first-order valence-corrected chi connectivity index (χ1v) is 6.23. The van der Waals surface area contributed by atoms with Crippen LogP contribution in [0.4, 0.5) is 5.69 Å². The van der Waals surface area contributed by atoms with Gasteiger partial charge in [-0.25, -0.2) is 0 Å².